The summed E-state index contributed by atoms with van der Waals surface area (Å²) in [6.45, 7) is 3.36. The van der Waals surface area contributed by atoms with Crippen LogP contribution >= 0.6 is 23.2 Å². The highest BCUT2D eigenvalue weighted by Gasteiger charge is 2.11. The van der Waals surface area contributed by atoms with Crippen molar-refractivity contribution < 1.29 is 4.79 Å². The first-order chi connectivity index (χ1) is 8.54. The van der Waals surface area contributed by atoms with E-state index >= 15 is 0 Å². The maximum Gasteiger partial charge on any atom is 0.238 e. The van der Waals surface area contributed by atoms with Crippen molar-refractivity contribution in [3.8, 4) is 0 Å². The minimum Gasteiger partial charge on any atom is -0.322 e. The van der Waals surface area contributed by atoms with E-state index in [0.29, 0.717) is 22.3 Å². The Labute approximate surface area is 118 Å². The van der Waals surface area contributed by atoms with Gasteiger partial charge in [-0.3, -0.25) is 9.69 Å². The number of benzene rings is 1. The number of para-hydroxylation sites is 1. The zero-order valence-corrected chi connectivity index (χ0v) is 12.2. The smallest absolute Gasteiger partial charge is 0.238 e. The lowest BCUT2D eigenvalue weighted by molar-refractivity contribution is -0.117. The van der Waals surface area contributed by atoms with Crippen molar-refractivity contribution in [3.63, 3.8) is 0 Å². The molecule has 0 aliphatic heterocycles. The molecule has 0 heterocycles. The summed E-state index contributed by atoms with van der Waals surface area (Å²) in [5, 5.41) is 3.64. The number of likely N-dealkylation sites (N-methyl/N-ethyl adjacent to an activating group) is 1. The normalized spacial score (nSPS) is 10.7. The van der Waals surface area contributed by atoms with E-state index in [1.54, 1.807) is 18.2 Å². The fraction of sp³-hybridized carbons (Fsp3) is 0.462. The summed E-state index contributed by atoms with van der Waals surface area (Å²) in [5.41, 5.74) is 0.481. The first kappa shape index (κ1) is 15.3. The summed E-state index contributed by atoms with van der Waals surface area (Å²) in [5.74, 6) is -0.108. The minimum atomic E-state index is -0.108. The molecule has 1 N–H and O–H groups in total. The van der Waals surface area contributed by atoms with Gasteiger partial charge < -0.3 is 5.32 Å². The van der Waals surface area contributed by atoms with Crippen molar-refractivity contribution in [3.05, 3.63) is 28.2 Å². The van der Waals surface area contributed by atoms with Gasteiger partial charge in [-0.1, -0.05) is 42.6 Å². The zero-order valence-electron chi connectivity index (χ0n) is 10.7. The highest BCUT2D eigenvalue weighted by molar-refractivity contribution is 6.39. The van der Waals surface area contributed by atoms with Crippen LogP contribution in [-0.4, -0.2) is 30.9 Å². The SMILES string of the molecule is CCCCN(C)CC(=O)Nc1c(Cl)cccc1Cl. The molecule has 0 saturated heterocycles. The number of unbranched alkanes of at least 4 members (excludes halogenated alkanes) is 1. The number of carbonyl (C=O) groups is 1. The van der Waals surface area contributed by atoms with E-state index in [1.807, 2.05) is 11.9 Å². The molecule has 0 radical (unpaired) electrons. The molecule has 0 saturated carbocycles. The van der Waals surface area contributed by atoms with E-state index in [0.717, 1.165) is 19.4 Å². The fourth-order valence-electron chi connectivity index (χ4n) is 1.55. The Kier molecular flexibility index (Phi) is 6.47. The molecular formula is C13H18Cl2N2O. The Balaban J connectivity index is 2.54. The van der Waals surface area contributed by atoms with Crippen molar-refractivity contribution in [2.45, 2.75) is 19.8 Å². The molecular weight excluding hydrogens is 271 g/mol. The number of carbonyl (C=O) groups excluding carboxylic acids is 1. The van der Waals surface area contributed by atoms with Gasteiger partial charge in [0, 0.05) is 0 Å². The number of rotatable bonds is 6. The van der Waals surface area contributed by atoms with Crippen LogP contribution in [0, 0.1) is 0 Å². The van der Waals surface area contributed by atoms with E-state index in [9.17, 15) is 4.79 Å². The van der Waals surface area contributed by atoms with Gasteiger partial charge in [0.15, 0.2) is 0 Å². The third kappa shape index (κ3) is 4.84. The molecule has 18 heavy (non-hydrogen) atoms. The number of hydrogen-bond acceptors (Lipinski definition) is 2. The largest absolute Gasteiger partial charge is 0.322 e. The predicted octanol–water partition coefficient (Wildman–Crippen LogP) is 3.66. The summed E-state index contributed by atoms with van der Waals surface area (Å²) in [6.07, 6.45) is 2.19. The van der Waals surface area contributed by atoms with Crippen molar-refractivity contribution in [1.82, 2.24) is 4.90 Å². The van der Waals surface area contributed by atoms with Gasteiger partial charge >= 0.3 is 0 Å². The van der Waals surface area contributed by atoms with Gasteiger partial charge in [-0.25, -0.2) is 0 Å². The van der Waals surface area contributed by atoms with E-state index in [-0.39, 0.29) is 5.91 Å². The second kappa shape index (κ2) is 7.62. The molecule has 3 nitrogen and oxygen atoms in total. The molecule has 0 aliphatic carbocycles. The van der Waals surface area contributed by atoms with E-state index < -0.39 is 0 Å². The lowest BCUT2D eigenvalue weighted by Gasteiger charge is -2.16. The molecule has 0 fully saturated rings. The van der Waals surface area contributed by atoms with Crippen LogP contribution in [0.4, 0.5) is 5.69 Å². The lowest BCUT2D eigenvalue weighted by atomic mass is 10.3. The quantitative estimate of drug-likeness (QED) is 0.866. The molecule has 0 aromatic heterocycles. The van der Waals surface area contributed by atoms with Gasteiger partial charge in [-0.15, -0.1) is 0 Å². The summed E-state index contributed by atoms with van der Waals surface area (Å²) in [4.78, 5) is 13.8. The average molecular weight is 289 g/mol. The third-order valence-corrected chi connectivity index (χ3v) is 3.16. The molecule has 0 aliphatic rings. The van der Waals surface area contributed by atoms with Gasteiger partial charge in [0.2, 0.25) is 5.91 Å². The first-order valence-electron chi connectivity index (χ1n) is 5.97. The lowest BCUT2D eigenvalue weighted by Crippen LogP contribution is -2.31. The Morgan fingerprint density at radius 2 is 1.94 bits per heavy atom. The van der Waals surface area contributed by atoms with Gasteiger partial charge in [-0.05, 0) is 32.1 Å². The molecule has 1 amide bonds. The van der Waals surface area contributed by atoms with Gasteiger partial charge in [0.05, 0.1) is 22.3 Å². The monoisotopic (exact) mass is 288 g/mol. The Hall–Kier alpha value is -0.770. The highest BCUT2D eigenvalue weighted by Crippen LogP contribution is 2.29. The van der Waals surface area contributed by atoms with Crippen molar-refractivity contribution in [2.75, 3.05) is 25.5 Å². The molecule has 1 aromatic carbocycles. The van der Waals surface area contributed by atoms with Crippen molar-refractivity contribution in [2.24, 2.45) is 0 Å². The first-order valence-corrected chi connectivity index (χ1v) is 6.72. The number of amides is 1. The van der Waals surface area contributed by atoms with Crippen LogP contribution in [-0.2, 0) is 4.79 Å². The average Bonchev–Trinajstić information content (AvgIpc) is 2.31. The number of hydrogen-bond donors (Lipinski definition) is 1. The maximum absolute atomic E-state index is 11.8. The van der Waals surface area contributed by atoms with Crippen molar-refractivity contribution in [1.29, 1.82) is 0 Å². The molecule has 5 heteroatoms. The Bertz CT molecular complexity index is 390. The van der Waals surface area contributed by atoms with Crippen LogP contribution in [0.1, 0.15) is 19.8 Å². The fourth-order valence-corrected chi connectivity index (χ4v) is 2.04. The summed E-state index contributed by atoms with van der Waals surface area (Å²) in [6, 6.07) is 5.14. The molecule has 0 spiro atoms. The van der Waals surface area contributed by atoms with E-state index in [2.05, 4.69) is 12.2 Å². The van der Waals surface area contributed by atoms with Gasteiger partial charge in [0.25, 0.3) is 0 Å². The minimum absolute atomic E-state index is 0.108. The summed E-state index contributed by atoms with van der Waals surface area (Å²) < 4.78 is 0. The molecule has 1 rings (SSSR count). The second-order valence-electron chi connectivity index (χ2n) is 4.24. The van der Waals surface area contributed by atoms with Crippen LogP contribution in [0.2, 0.25) is 10.0 Å². The van der Waals surface area contributed by atoms with Crippen LogP contribution < -0.4 is 5.32 Å². The number of anilines is 1. The van der Waals surface area contributed by atoms with E-state index in [1.165, 1.54) is 0 Å². The summed E-state index contributed by atoms with van der Waals surface area (Å²) in [7, 11) is 1.92. The van der Waals surface area contributed by atoms with Crippen molar-refractivity contribution >= 4 is 34.8 Å². The molecule has 1 aromatic rings. The molecule has 0 bridgehead atoms. The van der Waals surface area contributed by atoms with Gasteiger partial charge in [0.1, 0.15) is 0 Å². The third-order valence-electron chi connectivity index (χ3n) is 2.53. The molecule has 0 unspecified atom stereocenters. The Morgan fingerprint density at radius 3 is 2.50 bits per heavy atom. The predicted molar refractivity (Wildman–Crippen MR) is 77.5 cm³/mol. The van der Waals surface area contributed by atoms with Gasteiger partial charge in [-0.2, -0.15) is 0 Å². The second-order valence-corrected chi connectivity index (χ2v) is 5.05. The van der Waals surface area contributed by atoms with Crippen LogP contribution in [0.5, 0.6) is 0 Å². The molecule has 100 valence electrons. The molecule has 0 atom stereocenters. The number of nitrogens with zero attached hydrogens (tertiary/aromatic N) is 1. The maximum atomic E-state index is 11.8. The standard InChI is InChI=1S/C13H18Cl2N2O/c1-3-4-8-17(2)9-12(18)16-13-10(14)6-5-7-11(13)15/h5-7H,3-4,8-9H2,1-2H3,(H,16,18). The number of nitrogens with one attached hydrogen (secondary N) is 1. The van der Waals surface area contributed by atoms with Crippen LogP contribution in [0.15, 0.2) is 18.2 Å². The zero-order chi connectivity index (χ0) is 13.5. The van der Waals surface area contributed by atoms with Crippen LogP contribution in [0.25, 0.3) is 0 Å². The topological polar surface area (TPSA) is 32.3 Å². The number of halogens is 2. The summed E-state index contributed by atoms with van der Waals surface area (Å²) >= 11 is 12.0. The van der Waals surface area contributed by atoms with Crippen LogP contribution in [0.3, 0.4) is 0 Å². The highest BCUT2D eigenvalue weighted by atomic mass is 35.5. The Morgan fingerprint density at radius 1 is 1.33 bits per heavy atom. The van der Waals surface area contributed by atoms with E-state index in [4.69, 9.17) is 23.2 Å².